The molecule has 1 unspecified atom stereocenters. The number of hydrogen-bond acceptors (Lipinski definition) is 7. The van der Waals surface area contributed by atoms with Crippen LogP contribution in [0.5, 0.6) is 0 Å². The summed E-state index contributed by atoms with van der Waals surface area (Å²) < 4.78 is 25.5. The van der Waals surface area contributed by atoms with Crippen LogP contribution in [0.3, 0.4) is 0 Å². The molecule has 1 saturated heterocycles. The molecule has 0 aromatic heterocycles. The third kappa shape index (κ3) is 5.97. The number of fused-ring (bicyclic) bond motifs is 2. The van der Waals surface area contributed by atoms with E-state index in [2.05, 4.69) is 10.6 Å². The Labute approximate surface area is 223 Å². The number of likely N-dealkylation sites (tertiary alicyclic amines) is 1. The molecular weight excluding hydrogens is 508 g/mol. The number of anilines is 1. The summed E-state index contributed by atoms with van der Waals surface area (Å²) in [4.78, 5) is 28.1. The predicted molar refractivity (Wildman–Crippen MR) is 149 cm³/mol. The van der Waals surface area contributed by atoms with Gasteiger partial charge in [0, 0.05) is 42.0 Å². The van der Waals surface area contributed by atoms with Crippen molar-refractivity contribution in [3.63, 3.8) is 0 Å². The number of carbonyl (C=O) groups is 2. The second-order valence-electron chi connectivity index (χ2n) is 10.6. The van der Waals surface area contributed by atoms with Crippen LogP contribution in [0.2, 0.25) is 0 Å². The van der Waals surface area contributed by atoms with E-state index in [9.17, 15) is 18.0 Å². The Balaban J connectivity index is 1.49. The summed E-state index contributed by atoms with van der Waals surface area (Å²) in [5, 5.41) is 5.36. The molecule has 37 heavy (non-hydrogen) atoms. The Bertz CT molecular complexity index is 1240. The molecule has 2 aliphatic rings. The van der Waals surface area contributed by atoms with Gasteiger partial charge in [-0.25, -0.2) is 8.42 Å². The van der Waals surface area contributed by atoms with Gasteiger partial charge in [-0.1, -0.05) is 48.5 Å². The third-order valence-electron chi connectivity index (χ3n) is 7.23. The molecule has 1 spiro atoms. The first-order valence-corrected chi connectivity index (χ1v) is 15.6. The maximum Gasteiger partial charge on any atom is 0.246 e. The fourth-order valence-electron chi connectivity index (χ4n) is 5.25. The standard InChI is InChI=1S/C27H36N4O4S2/c1-26(2,28)24(33)29-22(18-36-17-19-9-5-4-6-10-19)23(32)31-15-13-27(14-16-31)20-11-7-8-12-21(20)30-25(27)37(3,34)35/h4-12,22,25,30H,13-18,28H2,1-3H3,(H,29,33)/t22-,25?/m1/s1. The van der Waals surface area contributed by atoms with E-state index in [-0.39, 0.29) is 11.8 Å². The molecule has 0 aliphatic carbocycles. The molecule has 2 aromatic carbocycles. The molecule has 2 amide bonds. The first-order valence-electron chi connectivity index (χ1n) is 12.5. The molecule has 10 heteroatoms. The zero-order chi connectivity index (χ0) is 26.8. The van der Waals surface area contributed by atoms with E-state index < -0.39 is 32.2 Å². The molecule has 2 heterocycles. The normalized spacial score (nSPS) is 19.7. The van der Waals surface area contributed by atoms with Gasteiger partial charge in [-0.2, -0.15) is 11.8 Å². The van der Waals surface area contributed by atoms with E-state index in [0.29, 0.717) is 37.4 Å². The van der Waals surface area contributed by atoms with Crippen molar-refractivity contribution in [2.45, 2.75) is 54.8 Å². The molecule has 2 atom stereocenters. The second-order valence-corrected chi connectivity index (χ2v) is 13.8. The van der Waals surface area contributed by atoms with Crippen LogP contribution in [0.4, 0.5) is 5.69 Å². The minimum Gasteiger partial charge on any atom is -0.368 e. The number of carbonyl (C=O) groups excluding carboxylic acids is 2. The number of thioether (sulfide) groups is 1. The minimum atomic E-state index is -3.39. The van der Waals surface area contributed by atoms with E-state index >= 15 is 0 Å². The van der Waals surface area contributed by atoms with Gasteiger partial charge in [0.1, 0.15) is 11.4 Å². The summed E-state index contributed by atoms with van der Waals surface area (Å²) in [6.07, 6.45) is 2.29. The first kappa shape index (κ1) is 27.5. The number of para-hydroxylation sites is 1. The van der Waals surface area contributed by atoms with Gasteiger partial charge in [0.05, 0.1) is 5.54 Å². The summed E-state index contributed by atoms with van der Waals surface area (Å²) >= 11 is 1.58. The zero-order valence-electron chi connectivity index (χ0n) is 21.6. The van der Waals surface area contributed by atoms with Crippen LogP contribution in [0.1, 0.15) is 37.8 Å². The summed E-state index contributed by atoms with van der Waals surface area (Å²) in [7, 11) is -3.39. The number of piperidine rings is 1. The second kappa shape index (κ2) is 10.7. The van der Waals surface area contributed by atoms with Crippen molar-refractivity contribution >= 4 is 39.1 Å². The number of nitrogens with one attached hydrogen (secondary N) is 2. The highest BCUT2D eigenvalue weighted by molar-refractivity contribution is 7.98. The van der Waals surface area contributed by atoms with Crippen molar-refractivity contribution in [1.29, 1.82) is 0 Å². The molecule has 4 N–H and O–H groups in total. The average Bonchev–Trinajstić information content (AvgIpc) is 3.18. The zero-order valence-corrected chi connectivity index (χ0v) is 23.2. The lowest BCUT2D eigenvalue weighted by Gasteiger charge is -2.43. The Morgan fingerprint density at radius 1 is 1.14 bits per heavy atom. The minimum absolute atomic E-state index is 0.164. The van der Waals surface area contributed by atoms with Crippen LogP contribution < -0.4 is 16.4 Å². The van der Waals surface area contributed by atoms with Crippen LogP contribution >= 0.6 is 11.8 Å². The van der Waals surface area contributed by atoms with Crippen molar-refractivity contribution in [3.05, 3.63) is 65.7 Å². The highest BCUT2D eigenvalue weighted by atomic mass is 32.2. The number of sulfone groups is 1. The van der Waals surface area contributed by atoms with Gasteiger partial charge in [0.15, 0.2) is 9.84 Å². The molecule has 0 bridgehead atoms. The fourth-order valence-corrected chi connectivity index (χ4v) is 7.78. The van der Waals surface area contributed by atoms with Crippen LogP contribution in [0.15, 0.2) is 54.6 Å². The van der Waals surface area contributed by atoms with Crippen molar-refractivity contribution in [1.82, 2.24) is 10.2 Å². The van der Waals surface area contributed by atoms with Crippen molar-refractivity contribution in [2.75, 3.05) is 30.4 Å². The summed E-state index contributed by atoms with van der Waals surface area (Å²) in [5.74, 6) is 0.579. The number of benzene rings is 2. The maximum atomic E-state index is 13.7. The Morgan fingerprint density at radius 3 is 2.38 bits per heavy atom. The lowest BCUT2D eigenvalue weighted by atomic mass is 9.74. The average molecular weight is 545 g/mol. The molecule has 0 radical (unpaired) electrons. The van der Waals surface area contributed by atoms with Crippen LogP contribution in [-0.4, -0.2) is 67.2 Å². The molecule has 8 nitrogen and oxygen atoms in total. The van der Waals surface area contributed by atoms with Gasteiger partial charge in [-0.15, -0.1) is 0 Å². The van der Waals surface area contributed by atoms with Crippen LogP contribution in [0.25, 0.3) is 0 Å². The molecule has 1 fully saturated rings. The lowest BCUT2D eigenvalue weighted by Crippen LogP contribution is -2.59. The van der Waals surface area contributed by atoms with E-state index in [1.54, 1.807) is 30.5 Å². The Kier molecular flexibility index (Phi) is 7.92. The lowest BCUT2D eigenvalue weighted by molar-refractivity contribution is -0.138. The maximum absolute atomic E-state index is 13.7. The number of hydrogen-bond donors (Lipinski definition) is 3. The van der Waals surface area contributed by atoms with E-state index in [4.69, 9.17) is 5.73 Å². The molecule has 0 saturated carbocycles. The third-order valence-corrected chi connectivity index (χ3v) is 9.76. The Morgan fingerprint density at radius 2 is 1.76 bits per heavy atom. The van der Waals surface area contributed by atoms with Gasteiger partial charge in [-0.3, -0.25) is 9.59 Å². The molecule has 4 rings (SSSR count). The van der Waals surface area contributed by atoms with Crippen LogP contribution in [0, 0.1) is 0 Å². The highest BCUT2D eigenvalue weighted by Crippen LogP contribution is 2.49. The van der Waals surface area contributed by atoms with Gasteiger partial charge in [0.25, 0.3) is 0 Å². The molecule has 2 aliphatic heterocycles. The quantitative estimate of drug-likeness (QED) is 0.467. The monoisotopic (exact) mass is 544 g/mol. The van der Waals surface area contributed by atoms with E-state index in [1.165, 1.54) is 6.26 Å². The number of nitrogens with two attached hydrogens (primary N) is 1. The summed E-state index contributed by atoms with van der Waals surface area (Å²) in [6.45, 7) is 4.04. The fraction of sp³-hybridized carbons (Fsp3) is 0.481. The topological polar surface area (TPSA) is 122 Å². The number of nitrogens with zero attached hydrogens (tertiary/aromatic N) is 1. The Hall–Kier alpha value is -2.56. The summed E-state index contributed by atoms with van der Waals surface area (Å²) in [6, 6.07) is 16.9. The highest BCUT2D eigenvalue weighted by Gasteiger charge is 2.53. The van der Waals surface area contributed by atoms with Gasteiger partial charge >= 0.3 is 0 Å². The molecule has 200 valence electrons. The molecular formula is C27H36N4O4S2. The van der Waals surface area contributed by atoms with Crippen molar-refractivity contribution < 1.29 is 18.0 Å². The van der Waals surface area contributed by atoms with Crippen molar-refractivity contribution in [2.24, 2.45) is 5.73 Å². The summed E-state index contributed by atoms with van der Waals surface area (Å²) in [5.41, 5.74) is 7.26. The van der Waals surface area contributed by atoms with E-state index in [0.717, 1.165) is 16.8 Å². The molecule has 2 aromatic rings. The van der Waals surface area contributed by atoms with Gasteiger partial charge < -0.3 is 21.3 Å². The SMILES string of the molecule is CC(C)(N)C(=O)N[C@H](CSCc1ccccc1)C(=O)N1CCC2(CC1)c1ccccc1NC2S(C)(=O)=O. The van der Waals surface area contributed by atoms with Gasteiger partial charge in [-0.05, 0) is 43.9 Å². The smallest absolute Gasteiger partial charge is 0.246 e. The first-order chi connectivity index (χ1) is 17.4. The number of rotatable bonds is 8. The van der Waals surface area contributed by atoms with Crippen LogP contribution in [-0.2, 0) is 30.6 Å². The predicted octanol–water partition coefficient (Wildman–Crippen LogP) is 2.50. The van der Waals surface area contributed by atoms with E-state index in [1.807, 2.05) is 54.6 Å². The largest absolute Gasteiger partial charge is 0.368 e. The van der Waals surface area contributed by atoms with Gasteiger partial charge in [0.2, 0.25) is 11.8 Å². The number of amides is 2. The van der Waals surface area contributed by atoms with Crippen molar-refractivity contribution in [3.8, 4) is 0 Å².